The third-order valence-corrected chi connectivity index (χ3v) is 9.23. The molecule has 262 valence electrons. The van der Waals surface area contributed by atoms with E-state index in [1.54, 1.807) is 0 Å². The molecule has 0 saturated heterocycles. The molecule has 1 heterocycles. The quantitative estimate of drug-likeness (QED) is 0.0596. The molecule has 0 bridgehead atoms. The highest BCUT2D eigenvalue weighted by atomic mass is 32.2. The second-order valence-electron chi connectivity index (χ2n) is 12.6. The number of aromatic nitrogens is 1. The van der Waals surface area contributed by atoms with Gasteiger partial charge in [-0.05, 0) is 53.8 Å². The summed E-state index contributed by atoms with van der Waals surface area (Å²) in [5.74, 6) is -3.15. The number of carboxylic acid groups (broad SMARTS) is 1. The number of rotatable bonds is 17. The van der Waals surface area contributed by atoms with E-state index in [-0.39, 0.29) is 0 Å². The van der Waals surface area contributed by atoms with E-state index >= 15 is 0 Å². The summed E-state index contributed by atoms with van der Waals surface area (Å²) in [4.78, 5) is 9.36. The second kappa shape index (κ2) is 20.2. The summed E-state index contributed by atoms with van der Waals surface area (Å²) in [7, 11) is -4.39. The van der Waals surface area contributed by atoms with Gasteiger partial charge in [-0.15, -0.1) is 0 Å². The molecular formula is C43H49NO5S. The predicted octanol–water partition coefficient (Wildman–Crippen LogP) is 9.05. The average molecular weight is 692 g/mol. The molecule has 0 fully saturated rings. The number of carboxylic acids is 1. The number of benzene rings is 4. The van der Waals surface area contributed by atoms with E-state index < -0.39 is 21.8 Å². The predicted molar refractivity (Wildman–Crippen MR) is 201 cm³/mol. The van der Waals surface area contributed by atoms with Gasteiger partial charge in [-0.1, -0.05) is 144 Å². The van der Waals surface area contributed by atoms with Gasteiger partial charge in [0.1, 0.15) is 5.75 Å². The van der Waals surface area contributed by atoms with E-state index in [1.165, 1.54) is 109 Å². The van der Waals surface area contributed by atoms with Crippen LogP contribution >= 0.6 is 0 Å². The standard InChI is InChI=1S/C41H46N.C2H4O5S/c1-2-3-4-5-6-7-8-9-10-14-21-34-28-30-39(31-29-34)42-40(36-24-17-12-18-25-36)32-38(35-22-15-11-16-23-35)33-41(42)37-26-19-13-20-27-37;3-2(4)1-8(5,6)7/h11-13,15-20,22-33H,2-10,14,21H2,1H3;1H2,(H,3,4)(H,5,6,7)/q+1;/p-1. The van der Waals surface area contributed by atoms with E-state index in [0.717, 1.165) is 6.42 Å². The van der Waals surface area contributed by atoms with Crippen LogP contribution in [0.2, 0.25) is 0 Å². The van der Waals surface area contributed by atoms with E-state index in [1.807, 2.05) is 0 Å². The molecule has 0 aliphatic heterocycles. The van der Waals surface area contributed by atoms with Crippen LogP contribution < -0.4 is 9.67 Å². The smallest absolute Gasteiger partial charge is 0.270 e. The number of carbonyl (C=O) groups is 1. The topological polar surface area (TPSA) is 98.4 Å². The van der Waals surface area contributed by atoms with Crippen molar-refractivity contribution in [2.24, 2.45) is 0 Å². The maximum Gasteiger partial charge on any atom is 0.270 e. The van der Waals surface area contributed by atoms with E-state index in [9.17, 15) is 18.3 Å². The lowest BCUT2D eigenvalue weighted by atomic mass is 9.98. The van der Waals surface area contributed by atoms with Crippen LogP contribution in [0.1, 0.15) is 76.7 Å². The molecule has 0 spiro atoms. The van der Waals surface area contributed by atoms with Gasteiger partial charge in [0.2, 0.25) is 17.1 Å². The van der Waals surface area contributed by atoms with E-state index in [0.29, 0.717) is 0 Å². The zero-order chi connectivity index (χ0) is 35.6. The Labute approximate surface area is 298 Å². The molecular weight excluding hydrogens is 643 g/mol. The molecule has 7 heteroatoms. The van der Waals surface area contributed by atoms with Crippen LogP contribution in [0.5, 0.6) is 0 Å². The van der Waals surface area contributed by atoms with Crippen molar-refractivity contribution >= 4 is 16.1 Å². The fourth-order valence-electron chi connectivity index (χ4n) is 6.09. The molecule has 5 rings (SSSR count). The molecule has 50 heavy (non-hydrogen) atoms. The minimum absolute atomic E-state index is 1.16. The first-order chi connectivity index (χ1) is 24.2. The zero-order valence-corrected chi connectivity index (χ0v) is 29.9. The first-order valence-electron chi connectivity index (χ1n) is 17.8. The Bertz CT molecular complexity index is 1780. The highest BCUT2D eigenvalue weighted by Gasteiger charge is 2.24. The molecule has 0 radical (unpaired) electrons. The molecule has 4 aromatic carbocycles. The van der Waals surface area contributed by atoms with Gasteiger partial charge in [-0.2, -0.15) is 13.0 Å². The van der Waals surface area contributed by atoms with Gasteiger partial charge in [-0.25, -0.2) is 0 Å². The van der Waals surface area contributed by atoms with Crippen molar-refractivity contribution < 1.29 is 27.4 Å². The molecule has 1 aromatic heterocycles. The van der Waals surface area contributed by atoms with E-state index in [4.69, 9.17) is 4.55 Å². The lowest BCUT2D eigenvalue weighted by Gasteiger charge is -2.13. The van der Waals surface area contributed by atoms with Crippen molar-refractivity contribution in [2.45, 2.75) is 77.6 Å². The number of unbranched alkanes of at least 4 members (excludes halogenated alkanes) is 9. The average Bonchev–Trinajstić information content (AvgIpc) is 3.12. The number of hydrogen-bond donors (Lipinski definition) is 1. The van der Waals surface area contributed by atoms with Gasteiger partial charge in [0, 0.05) is 35.4 Å². The molecule has 0 saturated carbocycles. The number of hydrogen-bond acceptors (Lipinski definition) is 4. The van der Waals surface area contributed by atoms with Crippen LogP contribution in [0, 0.1) is 0 Å². The SMILES string of the molecule is CCCCCCCCCCCCc1ccc(-[n+]2c(-c3ccccc3)cc(-c3ccccc3)cc2-c2ccccc2)cc1.O=C([O-])CS(=O)(=O)O. The fraction of sp³-hybridized carbons (Fsp3) is 0.302. The van der Waals surface area contributed by atoms with Crippen molar-refractivity contribution in [2.75, 3.05) is 5.75 Å². The van der Waals surface area contributed by atoms with Crippen molar-refractivity contribution in [3.8, 4) is 39.3 Å². The molecule has 0 aliphatic rings. The molecule has 6 nitrogen and oxygen atoms in total. The molecule has 0 unspecified atom stereocenters. The first-order valence-corrected chi connectivity index (χ1v) is 19.4. The molecule has 0 aliphatic carbocycles. The van der Waals surface area contributed by atoms with Crippen LogP contribution in [-0.2, 0) is 21.3 Å². The number of aliphatic carboxylic acids is 1. The Balaban J connectivity index is 0.000000627. The minimum atomic E-state index is -4.39. The Morgan fingerprint density at radius 1 is 0.580 bits per heavy atom. The Kier molecular flexibility index (Phi) is 15.4. The summed E-state index contributed by atoms with van der Waals surface area (Å²) in [6.45, 7) is 2.29. The minimum Gasteiger partial charge on any atom is -0.549 e. The van der Waals surface area contributed by atoms with Gasteiger partial charge < -0.3 is 9.90 Å². The summed E-state index contributed by atoms with van der Waals surface area (Å²) < 4.78 is 29.3. The maximum atomic E-state index is 9.58. The Morgan fingerprint density at radius 3 is 1.40 bits per heavy atom. The van der Waals surface area contributed by atoms with Gasteiger partial charge in [-0.3, -0.25) is 4.55 Å². The zero-order valence-electron chi connectivity index (χ0n) is 29.0. The number of nitrogens with zero attached hydrogens (tertiary/aromatic N) is 1. The van der Waals surface area contributed by atoms with Gasteiger partial charge >= 0.3 is 0 Å². The summed E-state index contributed by atoms with van der Waals surface area (Å²) in [5.41, 5.74) is 9.88. The summed E-state index contributed by atoms with van der Waals surface area (Å²) >= 11 is 0. The van der Waals surface area contributed by atoms with E-state index in [2.05, 4.69) is 139 Å². The van der Waals surface area contributed by atoms with Crippen molar-refractivity contribution in [3.63, 3.8) is 0 Å². The maximum absolute atomic E-state index is 9.58. The van der Waals surface area contributed by atoms with Crippen LogP contribution in [0.15, 0.2) is 127 Å². The van der Waals surface area contributed by atoms with Crippen LogP contribution in [-0.4, -0.2) is 24.7 Å². The lowest BCUT2D eigenvalue weighted by molar-refractivity contribution is -0.572. The molecule has 0 atom stereocenters. The number of pyridine rings is 1. The van der Waals surface area contributed by atoms with Crippen molar-refractivity contribution in [3.05, 3.63) is 133 Å². The van der Waals surface area contributed by atoms with Gasteiger partial charge in [0.15, 0.2) is 0 Å². The Hall–Kier alpha value is -4.59. The Morgan fingerprint density at radius 2 is 1.00 bits per heavy atom. The van der Waals surface area contributed by atoms with Crippen molar-refractivity contribution in [1.82, 2.24) is 0 Å². The second-order valence-corrected chi connectivity index (χ2v) is 14.1. The van der Waals surface area contributed by atoms with Gasteiger partial charge in [0.05, 0.1) is 5.97 Å². The molecule has 1 N–H and O–H groups in total. The largest absolute Gasteiger partial charge is 0.549 e. The highest BCUT2D eigenvalue weighted by molar-refractivity contribution is 7.86. The molecule has 0 amide bonds. The summed E-state index contributed by atoms with van der Waals surface area (Å²) in [5, 5.41) is 9.36. The fourth-order valence-corrected chi connectivity index (χ4v) is 6.39. The number of carbonyl (C=O) groups excluding carboxylic acids is 1. The molecule has 5 aromatic rings. The van der Waals surface area contributed by atoms with Crippen LogP contribution in [0.25, 0.3) is 39.3 Å². The lowest BCUT2D eigenvalue weighted by Crippen LogP contribution is -2.36. The van der Waals surface area contributed by atoms with Crippen molar-refractivity contribution in [1.29, 1.82) is 0 Å². The van der Waals surface area contributed by atoms with Gasteiger partial charge in [0.25, 0.3) is 10.1 Å². The van der Waals surface area contributed by atoms with Crippen LogP contribution in [0.3, 0.4) is 0 Å². The number of aryl methyl sites for hydroxylation is 1. The van der Waals surface area contributed by atoms with Crippen LogP contribution in [0.4, 0.5) is 0 Å². The third-order valence-electron chi connectivity index (χ3n) is 8.63. The monoisotopic (exact) mass is 691 g/mol. The third kappa shape index (κ3) is 12.7. The normalized spacial score (nSPS) is 11.1. The highest BCUT2D eigenvalue weighted by Crippen LogP contribution is 2.30. The first kappa shape index (κ1) is 38.2. The summed E-state index contributed by atoms with van der Waals surface area (Å²) in [6.07, 6.45) is 14.9. The summed E-state index contributed by atoms with van der Waals surface area (Å²) in [6, 6.07) is 46.3.